The second kappa shape index (κ2) is 8.41. The average Bonchev–Trinajstić information content (AvgIpc) is 2.52. The second-order valence-electron chi connectivity index (χ2n) is 6.11. The Bertz CT molecular complexity index is 639. The molecule has 1 N–H and O–H groups in total. The number of hydrogen-bond acceptors (Lipinski definition) is 4. The van der Waals surface area contributed by atoms with Crippen LogP contribution in [-0.4, -0.2) is 21.4 Å². The fourth-order valence-corrected chi connectivity index (χ4v) is 3.25. The topological polar surface area (TPSA) is 42.0 Å². The van der Waals surface area contributed by atoms with Crippen molar-refractivity contribution in [2.45, 2.75) is 36.3 Å². The van der Waals surface area contributed by atoms with Gasteiger partial charge in [-0.25, -0.2) is 4.98 Å². The minimum Gasteiger partial charge on any atom is -0.325 e. The number of rotatable bonds is 6. The van der Waals surface area contributed by atoms with Crippen LogP contribution in [0.3, 0.4) is 0 Å². The van der Waals surface area contributed by atoms with Crippen molar-refractivity contribution < 1.29 is 4.79 Å². The van der Waals surface area contributed by atoms with E-state index in [-0.39, 0.29) is 10.7 Å². The summed E-state index contributed by atoms with van der Waals surface area (Å²) in [6.45, 7) is 6.33. The van der Waals surface area contributed by atoms with E-state index in [1.54, 1.807) is 29.7 Å². The molecule has 0 saturated carbocycles. The molecule has 0 radical (unpaired) electrons. The van der Waals surface area contributed by atoms with Gasteiger partial charge in [-0.15, -0.1) is 23.5 Å². The van der Waals surface area contributed by atoms with E-state index >= 15 is 0 Å². The highest BCUT2D eigenvalue weighted by atomic mass is 32.2. The summed E-state index contributed by atoms with van der Waals surface area (Å²) in [4.78, 5) is 16.3. The van der Waals surface area contributed by atoms with E-state index in [1.165, 1.54) is 5.56 Å². The van der Waals surface area contributed by atoms with Gasteiger partial charge in [0.2, 0.25) is 5.91 Å². The van der Waals surface area contributed by atoms with Crippen LogP contribution >= 0.6 is 23.5 Å². The van der Waals surface area contributed by atoms with Crippen LogP contribution in [0.2, 0.25) is 0 Å². The molecule has 23 heavy (non-hydrogen) atoms. The van der Waals surface area contributed by atoms with E-state index in [9.17, 15) is 4.79 Å². The quantitative estimate of drug-likeness (QED) is 0.760. The Labute approximate surface area is 146 Å². The lowest BCUT2D eigenvalue weighted by molar-refractivity contribution is -0.113. The normalized spacial score (nSPS) is 11.3. The van der Waals surface area contributed by atoms with Crippen LogP contribution in [0.5, 0.6) is 0 Å². The number of nitrogens with one attached hydrogen (secondary N) is 1. The largest absolute Gasteiger partial charge is 0.325 e. The lowest BCUT2D eigenvalue weighted by Gasteiger charge is -2.17. The summed E-state index contributed by atoms with van der Waals surface area (Å²) in [5.74, 6) is 1.34. The smallest absolute Gasteiger partial charge is 0.234 e. The highest BCUT2D eigenvalue weighted by molar-refractivity contribution is 8.01. The molecule has 0 aliphatic carbocycles. The number of nitrogens with zero attached hydrogens (tertiary/aromatic N) is 1. The molecular weight excluding hydrogens is 324 g/mol. The number of amides is 1. The standard InChI is InChI=1S/C18H22N2OS2/c1-18(2,3)23-13-16(21)20-15-8-6-7-14(11-15)12-22-17-9-4-5-10-19-17/h4-11H,12-13H2,1-3H3,(H,20,21). The van der Waals surface area contributed by atoms with Gasteiger partial charge in [-0.1, -0.05) is 39.0 Å². The van der Waals surface area contributed by atoms with Crippen LogP contribution in [0.25, 0.3) is 0 Å². The maximum Gasteiger partial charge on any atom is 0.234 e. The van der Waals surface area contributed by atoms with Crippen LogP contribution in [0.4, 0.5) is 5.69 Å². The lowest BCUT2D eigenvalue weighted by atomic mass is 10.2. The van der Waals surface area contributed by atoms with Gasteiger partial charge >= 0.3 is 0 Å². The first-order valence-electron chi connectivity index (χ1n) is 7.49. The van der Waals surface area contributed by atoms with Crippen LogP contribution in [0.15, 0.2) is 53.7 Å². The van der Waals surface area contributed by atoms with Crippen molar-refractivity contribution in [2.24, 2.45) is 0 Å². The first-order chi connectivity index (χ1) is 10.9. The highest BCUT2D eigenvalue weighted by Gasteiger charge is 2.13. The van der Waals surface area contributed by atoms with Gasteiger partial charge in [-0.3, -0.25) is 4.79 Å². The van der Waals surface area contributed by atoms with E-state index in [0.717, 1.165) is 16.5 Å². The van der Waals surface area contributed by atoms with Gasteiger partial charge in [0.05, 0.1) is 10.8 Å². The van der Waals surface area contributed by atoms with E-state index < -0.39 is 0 Å². The fourth-order valence-electron chi connectivity index (χ4n) is 1.81. The number of carbonyl (C=O) groups is 1. The molecule has 1 heterocycles. The Morgan fingerprint density at radius 2 is 2.00 bits per heavy atom. The molecule has 2 aromatic rings. The lowest BCUT2D eigenvalue weighted by Crippen LogP contribution is -2.18. The molecule has 0 aliphatic heterocycles. The minimum absolute atomic E-state index is 0.0412. The summed E-state index contributed by atoms with van der Waals surface area (Å²) in [6, 6.07) is 13.9. The van der Waals surface area contributed by atoms with Gasteiger partial charge in [0.25, 0.3) is 0 Å². The summed E-state index contributed by atoms with van der Waals surface area (Å²) in [5, 5.41) is 3.97. The van der Waals surface area contributed by atoms with E-state index in [1.807, 2.05) is 36.4 Å². The summed E-state index contributed by atoms with van der Waals surface area (Å²) in [5.41, 5.74) is 2.02. The molecule has 3 nitrogen and oxygen atoms in total. The van der Waals surface area contributed by atoms with E-state index in [0.29, 0.717) is 5.75 Å². The predicted octanol–water partition coefficient (Wildman–Crippen LogP) is 4.84. The Hall–Kier alpha value is -1.46. The average molecular weight is 347 g/mol. The molecule has 1 amide bonds. The molecule has 0 unspecified atom stereocenters. The molecule has 0 aliphatic rings. The zero-order valence-corrected chi connectivity index (χ0v) is 15.3. The molecule has 0 saturated heterocycles. The fraction of sp³-hybridized carbons (Fsp3) is 0.333. The van der Waals surface area contributed by atoms with Crippen LogP contribution in [0, 0.1) is 0 Å². The van der Waals surface area contributed by atoms with Crippen molar-refractivity contribution in [3.63, 3.8) is 0 Å². The summed E-state index contributed by atoms with van der Waals surface area (Å²) in [7, 11) is 0. The Balaban J connectivity index is 1.88. The Morgan fingerprint density at radius 3 is 2.70 bits per heavy atom. The van der Waals surface area contributed by atoms with Crippen molar-refractivity contribution in [2.75, 3.05) is 11.1 Å². The summed E-state index contributed by atoms with van der Waals surface area (Å²) < 4.78 is 0.0957. The predicted molar refractivity (Wildman–Crippen MR) is 101 cm³/mol. The number of aromatic nitrogens is 1. The second-order valence-corrected chi connectivity index (χ2v) is 8.90. The van der Waals surface area contributed by atoms with E-state index in [4.69, 9.17) is 0 Å². The Morgan fingerprint density at radius 1 is 1.17 bits per heavy atom. The SMILES string of the molecule is CC(C)(C)SCC(=O)Nc1cccc(CSc2ccccn2)c1. The molecule has 0 fully saturated rings. The zero-order chi connectivity index (χ0) is 16.7. The molecule has 1 aromatic heterocycles. The van der Waals surface area contributed by atoms with Crippen molar-refractivity contribution in [1.82, 2.24) is 4.98 Å². The third-order valence-electron chi connectivity index (χ3n) is 2.87. The van der Waals surface area contributed by atoms with Gasteiger partial charge in [-0.2, -0.15) is 0 Å². The highest BCUT2D eigenvalue weighted by Crippen LogP contribution is 2.24. The van der Waals surface area contributed by atoms with Crippen molar-refractivity contribution in [3.05, 3.63) is 54.2 Å². The molecule has 2 rings (SSSR count). The molecule has 5 heteroatoms. The van der Waals surface area contributed by atoms with Gasteiger partial charge in [0.15, 0.2) is 0 Å². The van der Waals surface area contributed by atoms with Crippen LogP contribution in [-0.2, 0) is 10.5 Å². The minimum atomic E-state index is 0.0412. The number of thioether (sulfide) groups is 2. The van der Waals surface area contributed by atoms with E-state index in [2.05, 4.69) is 37.1 Å². The maximum absolute atomic E-state index is 12.0. The first-order valence-corrected chi connectivity index (χ1v) is 9.46. The molecule has 0 spiro atoms. The third-order valence-corrected chi connectivity index (χ3v) is 5.16. The van der Waals surface area contributed by atoms with Gasteiger partial charge in [-0.05, 0) is 29.8 Å². The number of benzene rings is 1. The number of hydrogen-bond donors (Lipinski definition) is 1. The summed E-state index contributed by atoms with van der Waals surface area (Å²) >= 11 is 3.34. The third kappa shape index (κ3) is 7.10. The molecule has 0 bridgehead atoms. The van der Waals surface area contributed by atoms with Gasteiger partial charge < -0.3 is 5.32 Å². The van der Waals surface area contributed by atoms with Crippen LogP contribution < -0.4 is 5.32 Å². The Kier molecular flexibility index (Phi) is 6.54. The number of anilines is 1. The van der Waals surface area contributed by atoms with Crippen molar-refractivity contribution in [1.29, 1.82) is 0 Å². The molecule has 1 aromatic carbocycles. The maximum atomic E-state index is 12.0. The first kappa shape index (κ1) is 17.9. The summed E-state index contributed by atoms with van der Waals surface area (Å²) in [6.07, 6.45) is 1.80. The zero-order valence-electron chi connectivity index (χ0n) is 13.7. The molecule has 0 atom stereocenters. The van der Waals surface area contributed by atoms with Crippen LogP contribution in [0.1, 0.15) is 26.3 Å². The van der Waals surface area contributed by atoms with Crippen molar-refractivity contribution >= 4 is 35.1 Å². The number of pyridine rings is 1. The molecular formula is C18H22N2OS2. The van der Waals surface area contributed by atoms with Gasteiger partial charge in [0, 0.05) is 22.4 Å². The van der Waals surface area contributed by atoms with Crippen molar-refractivity contribution in [3.8, 4) is 0 Å². The monoisotopic (exact) mass is 346 g/mol. The molecule has 122 valence electrons. The number of carbonyl (C=O) groups excluding carboxylic acids is 1. The van der Waals surface area contributed by atoms with Gasteiger partial charge in [0.1, 0.15) is 0 Å².